The molecular formula is C12H10N4O2S. The molecule has 0 aliphatic heterocycles. The summed E-state index contributed by atoms with van der Waals surface area (Å²) in [6.07, 6.45) is 1.80. The number of benzene rings is 1. The number of fused-ring (bicyclic) bond motifs is 1. The van der Waals surface area contributed by atoms with E-state index in [-0.39, 0.29) is 5.56 Å². The van der Waals surface area contributed by atoms with Crippen molar-refractivity contribution in [2.24, 2.45) is 0 Å². The molecule has 3 rings (SSSR count). The summed E-state index contributed by atoms with van der Waals surface area (Å²) in [5.74, 6) is 0.481. The molecule has 1 aromatic carbocycles. The monoisotopic (exact) mass is 274 g/mol. The molecule has 0 amide bonds. The third-order valence-corrected chi connectivity index (χ3v) is 3.17. The molecule has 3 aromatic rings. The molecule has 0 bridgehead atoms. The van der Waals surface area contributed by atoms with E-state index < -0.39 is 0 Å². The van der Waals surface area contributed by atoms with Crippen molar-refractivity contribution >= 4 is 23.1 Å². The lowest BCUT2D eigenvalue weighted by molar-refractivity contribution is 0.369. The molecule has 19 heavy (non-hydrogen) atoms. The minimum atomic E-state index is -0.112. The lowest BCUT2D eigenvalue weighted by atomic mass is 10.2. The van der Waals surface area contributed by atoms with E-state index in [1.807, 2.05) is 18.2 Å². The third-order valence-electron chi connectivity index (χ3n) is 2.85. The Hall–Kier alpha value is -2.28. The van der Waals surface area contributed by atoms with Crippen LogP contribution in [0.3, 0.4) is 0 Å². The van der Waals surface area contributed by atoms with E-state index >= 15 is 0 Å². The summed E-state index contributed by atoms with van der Waals surface area (Å²) in [6, 6.07) is 7.28. The summed E-state index contributed by atoms with van der Waals surface area (Å²) in [7, 11) is 0. The minimum absolute atomic E-state index is 0.112. The number of aromatic nitrogens is 4. The van der Waals surface area contributed by atoms with Gasteiger partial charge in [0, 0.05) is 13.0 Å². The predicted molar refractivity (Wildman–Crippen MR) is 71.4 cm³/mol. The van der Waals surface area contributed by atoms with Crippen LogP contribution >= 0.6 is 12.2 Å². The summed E-state index contributed by atoms with van der Waals surface area (Å²) >= 11 is 5.20. The van der Waals surface area contributed by atoms with Gasteiger partial charge in [-0.1, -0.05) is 17.3 Å². The number of hydrogen-bond donors (Lipinski definition) is 1. The Labute approximate surface area is 112 Å². The zero-order valence-corrected chi connectivity index (χ0v) is 10.7. The highest BCUT2D eigenvalue weighted by molar-refractivity contribution is 7.71. The summed E-state index contributed by atoms with van der Waals surface area (Å²) in [5.41, 5.74) is 0.630. The fourth-order valence-electron chi connectivity index (χ4n) is 1.92. The molecule has 0 saturated heterocycles. The van der Waals surface area contributed by atoms with Crippen molar-refractivity contribution in [3.05, 3.63) is 51.6 Å². The van der Waals surface area contributed by atoms with Gasteiger partial charge in [0.15, 0.2) is 11.1 Å². The lowest BCUT2D eigenvalue weighted by Crippen LogP contribution is -2.23. The number of nitrogens with one attached hydrogen (secondary N) is 1. The van der Waals surface area contributed by atoms with E-state index in [0.29, 0.717) is 29.0 Å². The largest absolute Gasteiger partial charge is 0.340 e. The van der Waals surface area contributed by atoms with Gasteiger partial charge in [0.05, 0.1) is 10.9 Å². The highest BCUT2D eigenvalue weighted by atomic mass is 32.1. The Balaban J connectivity index is 2.04. The first-order valence-corrected chi connectivity index (χ1v) is 6.14. The second kappa shape index (κ2) is 4.77. The topological polar surface area (TPSA) is 76.7 Å². The number of para-hydroxylation sites is 1. The molecule has 0 unspecified atom stereocenters. The van der Waals surface area contributed by atoms with Gasteiger partial charge in [-0.05, 0) is 24.4 Å². The lowest BCUT2D eigenvalue weighted by Gasteiger charge is -2.06. The van der Waals surface area contributed by atoms with Crippen LogP contribution in [0.1, 0.15) is 5.89 Å². The summed E-state index contributed by atoms with van der Waals surface area (Å²) in [6.45, 7) is 0.404. The first-order chi connectivity index (χ1) is 9.25. The van der Waals surface area contributed by atoms with Gasteiger partial charge < -0.3 is 9.51 Å². The molecule has 2 heterocycles. The Morgan fingerprint density at radius 3 is 3.00 bits per heavy atom. The molecule has 0 fully saturated rings. The summed E-state index contributed by atoms with van der Waals surface area (Å²) in [5, 5.41) is 4.13. The van der Waals surface area contributed by atoms with E-state index in [1.165, 1.54) is 10.9 Å². The van der Waals surface area contributed by atoms with Gasteiger partial charge in [-0.3, -0.25) is 9.36 Å². The van der Waals surface area contributed by atoms with Crippen LogP contribution in [0.4, 0.5) is 0 Å². The van der Waals surface area contributed by atoms with E-state index in [1.54, 1.807) is 6.07 Å². The molecule has 1 N–H and O–H groups in total. The number of hydrogen-bond acceptors (Lipinski definition) is 5. The molecule has 0 aliphatic carbocycles. The summed E-state index contributed by atoms with van der Waals surface area (Å²) < 4.78 is 6.80. The van der Waals surface area contributed by atoms with Crippen molar-refractivity contribution < 1.29 is 4.52 Å². The Morgan fingerprint density at radius 1 is 1.37 bits per heavy atom. The Bertz CT molecular complexity index is 820. The van der Waals surface area contributed by atoms with Crippen molar-refractivity contribution in [1.82, 2.24) is 19.7 Å². The van der Waals surface area contributed by atoms with Crippen LogP contribution in [0.2, 0.25) is 0 Å². The average molecular weight is 274 g/mol. The normalized spacial score (nSPS) is 10.9. The summed E-state index contributed by atoms with van der Waals surface area (Å²) in [4.78, 5) is 19.3. The quantitative estimate of drug-likeness (QED) is 0.735. The Morgan fingerprint density at radius 2 is 2.21 bits per heavy atom. The van der Waals surface area contributed by atoms with Crippen molar-refractivity contribution in [2.75, 3.05) is 0 Å². The fraction of sp³-hybridized carbons (Fsp3) is 0.167. The SMILES string of the molecule is O=c1c2ccccc2[nH]c(=S)n1CCc1ncno1. The molecule has 0 spiro atoms. The number of H-pyrrole nitrogens is 1. The number of rotatable bonds is 3. The predicted octanol–water partition coefficient (Wildman–Crippen LogP) is 1.68. The maximum Gasteiger partial charge on any atom is 0.262 e. The number of aryl methyl sites for hydroxylation is 1. The van der Waals surface area contributed by atoms with Gasteiger partial charge in [0.1, 0.15) is 0 Å². The molecule has 7 heteroatoms. The molecule has 0 saturated carbocycles. The van der Waals surface area contributed by atoms with E-state index in [4.69, 9.17) is 16.7 Å². The van der Waals surface area contributed by atoms with Gasteiger partial charge in [0.25, 0.3) is 5.56 Å². The minimum Gasteiger partial charge on any atom is -0.340 e. The van der Waals surface area contributed by atoms with E-state index in [9.17, 15) is 4.79 Å². The van der Waals surface area contributed by atoms with Crippen LogP contribution in [0.15, 0.2) is 39.9 Å². The second-order valence-electron chi connectivity index (χ2n) is 4.02. The van der Waals surface area contributed by atoms with Crippen LogP contribution < -0.4 is 5.56 Å². The molecular weight excluding hydrogens is 264 g/mol. The first kappa shape index (κ1) is 11.8. The maximum absolute atomic E-state index is 12.3. The Kier molecular flexibility index (Phi) is 2.96. The van der Waals surface area contributed by atoms with Crippen LogP contribution in [0, 0.1) is 4.77 Å². The second-order valence-corrected chi connectivity index (χ2v) is 4.40. The smallest absolute Gasteiger partial charge is 0.262 e. The zero-order chi connectivity index (χ0) is 13.2. The first-order valence-electron chi connectivity index (χ1n) is 5.73. The van der Waals surface area contributed by atoms with Gasteiger partial charge >= 0.3 is 0 Å². The fourth-order valence-corrected chi connectivity index (χ4v) is 2.20. The maximum atomic E-state index is 12.3. The highest BCUT2D eigenvalue weighted by Gasteiger charge is 2.06. The molecule has 2 aromatic heterocycles. The van der Waals surface area contributed by atoms with E-state index in [2.05, 4.69) is 15.1 Å². The van der Waals surface area contributed by atoms with Gasteiger partial charge in [-0.2, -0.15) is 4.98 Å². The number of aromatic amines is 1. The third kappa shape index (κ3) is 2.19. The van der Waals surface area contributed by atoms with Gasteiger partial charge in [-0.15, -0.1) is 0 Å². The van der Waals surface area contributed by atoms with Crippen LogP contribution in [0.25, 0.3) is 10.9 Å². The van der Waals surface area contributed by atoms with Crippen molar-refractivity contribution in [3.63, 3.8) is 0 Å². The van der Waals surface area contributed by atoms with Crippen LogP contribution in [-0.2, 0) is 13.0 Å². The van der Waals surface area contributed by atoms with E-state index in [0.717, 1.165) is 5.52 Å². The van der Waals surface area contributed by atoms with Crippen molar-refractivity contribution in [2.45, 2.75) is 13.0 Å². The van der Waals surface area contributed by atoms with Gasteiger partial charge in [-0.25, -0.2) is 0 Å². The van der Waals surface area contributed by atoms with Crippen LogP contribution in [0.5, 0.6) is 0 Å². The molecule has 0 atom stereocenters. The molecule has 96 valence electrons. The molecule has 0 aliphatic rings. The van der Waals surface area contributed by atoms with Crippen molar-refractivity contribution in [3.8, 4) is 0 Å². The molecule has 6 nitrogen and oxygen atoms in total. The van der Waals surface area contributed by atoms with Crippen molar-refractivity contribution in [1.29, 1.82) is 0 Å². The zero-order valence-electron chi connectivity index (χ0n) is 9.87. The standard InChI is InChI=1S/C12H10N4O2S/c17-11-8-3-1-2-4-9(8)15-12(19)16(11)6-5-10-13-7-14-18-10/h1-4,7H,5-6H2,(H,15,19). The molecule has 0 radical (unpaired) electrons. The highest BCUT2D eigenvalue weighted by Crippen LogP contribution is 2.06. The van der Waals surface area contributed by atoms with Gasteiger partial charge in [0.2, 0.25) is 5.89 Å². The number of nitrogens with zero attached hydrogens (tertiary/aromatic N) is 3. The van der Waals surface area contributed by atoms with Crippen LogP contribution in [-0.4, -0.2) is 19.7 Å². The average Bonchev–Trinajstić information content (AvgIpc) is 2.92.